The molecule has 0 aliphatic carbocycles. The fourth-order valence-electron chi connectivity index (χ4n) is 8.57. The van der Waals surface area contributed by atoms with Gasteiger partial charge in [-0.3, -0.25) is 19.2 Å². The molecule has 0 amide bonds. The minimum Gasteiger partial charge on any atom is -0.466 e. The van der Waals surface area contributed by atoms with Crippen LogP contribution in [0.25, 0.3) is 0 Å². The summed E-state index contributed by atoms with van der Waals surface area (Å²) in [6, 6.07) is 0. The van der Waals surface area contributed by atoms with Crippen LogP contribution >= 0.6 is 0 Å². The summed E-state index contributed by atoms with van der Waals surface area (Å²) < 4.78 is 26.9. The normalized spacial score (nSPS) is 14.3. The van der Waals surface area contributed by atoms with Crippen LogP contribution in [-0.2, 0) is 42.9 Å². The highest BCUT2D eigenvalue weighted by Gasteiger charge is 2.29. The zero-order valence-corrected chi connectivity index (χ0v) is 48.2. The molecule has 0 aromatic carbocycles. The van der Waals surface area contributed by atoms with Gasteiger partial charge in [-0.15, -0.1) is 0 Å². The zero-order chi connectivity index (χ0) is 53.7. The predicted octanol–water partition coefficient (Wildman–Crippen LogP) is 13.3. The van der Waals surface area contributed by atoms with E-state index in [1.54, 1.807) is 0 Å². The van der Waals surface area contributed by atoms with Crippen molar-refractivity contribution in [2.45, 2.75) is 271 Å². The number of aliphatic hydroxyl groups excluding tert-OH is 2. The van der Waals surface area contributed by atoms with Gasteiger partial charge in [0.15, 0.2) is 0 Å². The molecule has 0 aromatic heterocycles. The van der Waals surface area contributed by atoms with Crippen molar-refractivity contribution in [1.82, 2.24) is 9.80 Å². The molecule has 0 radical (unpaired) electrons. The molecule has 1 saturated heterocycles. The summed E-state index contributed by atoms with van der Waals surface area (Å²) in [5, 5.41) is 17.4. The highest BCUT2D eigenvalue weighted by Crippen LogP contribution is 2.24. The minimum absolute atomic E-state index is 0.0174. The molecule has 1 fully saturated rings. The third-order valence-corrected chi connectivity index (χ3v) is 13.3. The van der Waals surface area contributed by atoms with Crippen molar-refractivity contribution < 1.29 is 53.1 Å². The van der Waals surface area contributed by atoms with Gasteiger partial charge < -0.3 is 43.7 Å². The Labute approximate surface area is 442 Å². The summed E-state index contributed by atoms with van der Waals surface area (Å²) in [6.45, 7) is 12.3. The van der Waals surface area contributed by atoms with Gasteiger partial charge in [-0.05, 0) is 85.0 Å². The topological polar surface area (TPSA) is 161 Å². The van der Waals surface area contributed by atoms with E-state index in [2.05, 4.69) is 27.7 Å². The third kappa shape index (κ3) is 52.5. The molecule has 2 N–H and O–H groups in total. The Morgan fingerprint density at radius 3 is 1.18 bits per heavy atom. The van der Waals surface area contributed by atoms with Crippen LogP contribution in [0.4, 0.5) is 0 Å². The van der Waals surface area contributed by atoms with Crippen molar-refractivity contribution in [2.24, 2.45) is 11.8 Å². The molecule has 0 saturated carbocycles. The number of esters is 4. The first kappa shape index (κ1) is 71.8. The van der Waals surface area contributed by atoms with Gasteiger partial charge in [-0.1, -0.05) is 182 Å². The molecular weight excluding hydrogens is 913 g/mol. The molecule has 13 nitrogen and oxygen atoms in total. The fraction of sp³-hybridized carbons (Fsp3) is 0.932. The highest BCUT2D eigenvalue weighted by atomic mass is 16.7. The Kier molecular flexibility index (Phi) is 54.7. The molecule has 1 heterocycles. The van der Waals surface area contributed by atoms with Gasteiger partial charge in [-0.2, -0.15) is 0 Å². The van der Waals surface area contributed by atoms with Crippen molar-refractivity contribution in [1.29, 1.82) is 0 Å². The Bertz CT molecular complexity index is 1130. The second-order valence-corrected chi connectivity index (χ2v) is 21.0. The van der Waals surface area contributed by atoms with E-state index < -0.39 is 6.29 Å². The SMILES string of the molecule is CCCCCC(CCCCC)CCOC(=O)CCCCCCCCO.CCCCCC(CCCCC)CCOC(=O)CCCCCCCCO.CN(C)CCC(=O)OC[C@@H]1CC[C@H](OC(=O)CCN(C)C)O1. The Morgan fingerprint density at radius 1 is 0.444 bits per heavy atom. The van der Waals surface area contributed by atoms with E-state index in [1.165, 1.54) is 103 Å². The van der Waals surface area contributed by atoms with Crippen LogP contribution in [-0.4, -0.2) is 131 Å². The quantitative estimate of drug-likeness (QED) is 0.0337. The van der Waals surface area contributed by atoms with Crippen molar-refractivity contribution >= 4 is 23.9 Å². The van der Waals surface area contributed by atoms with Gasteiger partial charge in [0.2, 0.25) is 6.29 Å². The zero-order valence-electron chi connectivity index (χ0n) is 48.2. The number of nitrogens with zero attached hydrogens (tertiary/aromatic N) is 2. The molecule has 1 aliphatic rings. The summed E-state index contributed by atoms with van der Waals surface area (Å²) >= 11 is 0. The number of carbonyl (C=O) groups excluding carboxylic acids is 4. The lowest BCUT2D eigenvalue weighted by molar-refractivity contribution is -0.180. The Balaban J connectivity index is 0. The van der Waals surface area contributed by atoms with Crippen molar-refractivity contribution in [2.75, 3.05) is 74.3 Å². The van der Waals surface area contributed by atoms with Crippen LogP contribution in [0.5, 0.6) is 0 Å². The van der Waals surface area contributed by atoms with Crippen LogP contribution < -0.4 is 0 Å². The monoisotopic (exact) mass is 1030 g/mol. The molecule has 0 unspecified atom stereocenters. The maximum Gasteiger partial charge on any atom is 0.309 e. The van der Waals surface area contributed by atoms with Gasteiger partial charge in [0.1, 0.15) is 6.61 Å². The van der Waals surface area contributed by atoms with Crippen molar-refractivity contribution in [3.05, 3.63) is 0 Å². The van der Waals surface area contributed by atoms with E-state index in [-0.39, 0.29) is 36.6 Å². The average molecular weight is 1030 g/mol. The molecule has 0 spiro atoms. The highest BCUT2D eigenvalue weighted by molar-refractivity contribution is 5.70. The van der Waals surface area contributed by atoms with Crippen molar-refractivity contribution in [3.8, 4) is 0 Å². The Hall–Kier alpha value is -2.32. The molecule has 1 aliphatic heterocycles. The van der Waals surface area contributed by atoms with E-state index in [9.17, 15) is 19.2 Å². The number of hydrogen-bond acceptors (Lipinski definition) is 13. The van der Waals surface area contributed by atoms with Crippen LogP contribution in [0.15, 0.2) is 0 Å². The predicted molar refractivity (Wildman–Crippen MR) is 295 cm³/mol. The largest absolute Gasteiger partial charge is 0.466 e. The summed E-state index contributed by atoms with van der Waals surface area (Å²) in [7, 11) is 7.62. The smallest absolute Gasteiger partial charge is 0.309 e. The summed E-state index contributed by atoms with van der Waals surface area (Å²) in [5.41, 5.74) is 0. The van der Waals surface area contributed by atoms with Gasteiger partial charge in [0.25, 0.3) is 0 Å². The number of hydrogen-bond donors (Lipinski definition) is 2. The first-order valence-electron chi connectivity index (χ1n) is 29.7. The van der Waals surface area contributed by atoms with E-state index in [1.807, 2.05) is 38.0 Å². The second-order valence-electron chi connectivity index (χ2n) is 21.0. The lowest BCUT2D eigenvalue weighted by Crippen LogP contribution is -2.25. The number of unbranched alkanes of at least 4 members (excludes halogenated alkanes) is 18. The molecule has 13 heteroatoms. The molecule has 0 aromatic rings. The number of ether oxygens (including phenoxy) is 5. The molecule has 0 bridgehead atoms. The van der Waals surface area contributed by atoms with Gasteiger partial charge in [-0.25, -0.2) is 0 Å². The van der Waals surface area contributed by atoms with E-state index in [0.717, 1.165) is 108 Å². The second kappa shape index (κ2) is 54.9. The van der Waals surface area contributed by atoms with Gasteiger partial charge >= 0.3 is 23.9 Å². The standard InChI is InChI=1S/2C22H44O3.C15H28N2O5/c2*1-3-5-11-15-21(16-12-6-4-2)18-20-25-22(24)17-13-9-7-8-10-14-19-23;1-16(2)9-7-13(18)20-11-12-5-6-15(21-12)22-14(19)8-10-17(3)4/h2*21,23H,3-20H2,1-2H3;12,15H,5-11H2,1-4H3/t;;12-,15-/m..0/s1. The van der Waals surface area contributed by atoms with Gasteiger partial charge in [0.05, 0.1) is 32.2 Å². The molecule has 428 valence electrons. The molecule has 1 rings (SSSR count). The van der Waals surface area contributed by atoms with Crippen LogP contribution in [0.1, 0.15) is 259 Å². The van der Waals surface area contributed by atoms with Crippen LogP contribution in [0.3, 0.4) is 0 Å². The van der Waals surface area contributed by atoms with Crippen LogP contribution in [0, 0.1) is 11.8 Å². The maximum atomic E-state index is 11.8. The number of carbonyl (C=O) groups is 4. The molecular formula is C59H116N2O11. The summed E-state index contributed by atoms with van der Waals surface area (Å²) in [4.78, 5) is 50.6. The molecule has 72 heavy (non-hydrogen) atoms. The lowest BCUT2D eigenvalue weighted by atomic mass is 9.92. The van der Waals surface area contributed by atoms with E-state index in [4.69, 9.17) is 33.9 Å². The number of aliphatic hydroxyl groups is 2. The average Bonchev–Trinajstić information content (AvgIpc) is 3.81. The Morgan fingerprint density at radius 2 is 0.806 bits per heavy atom. The lowest BCUT2D eigenvalue weighted by Gasteiger charge is -2.16. The first-order valence-corrected chi connectivity index (χ1v) is 29.7. The fourth-order valence-corrected chi connectivity index (χ4v) is 8.57. The first-order chi connectivity index (χ1) is 34.8. The number of rotatable bonds is 47. The summed E-state index contributed by atoms with van der Waals surface area (Å²) in [5.74, 6) is 0.938. The van der Waals surface area contributed by atoms with E-state index in [0.29, 0.717) is 71.6 Å². The van der Waals surface area contributed by atoms with Crippen LogP contribution in [0.2, 0.25) is 0 Å². The van der Waals surface area contributed by atoms with Gasteiger partial charge in [0, 0.05) is 45.6 Å². The van der Waals surface area contributed by atoms with E-state index >= 15 is 0 Å². The van der Waals surface area contributed by atoms with Crippen molar-refractivity contribution in [3.63, 3.8) is 0 Å². The summed E-state index contributed by atoms with van der Waals surface area (Å²) in [6.07, 6.45) is 38.1. The third-order valence-electron chi connectivity index (χ3n) is 13.3. The maximum absolute atomic E-state index is 11.8. The minimum atomic E-state index is -0.514. The molecule has 2 atom stereocenters.